The minimum atomic E-state index is -0.0455. The fraction of sp³-hybridized carbons (Fsp3) is 0.235. The Balaban J connectivity index is 1.53. The summed E-state index contributed by atoms with van der Waals surface area (Å²) < 4.78 is 0.928. The van der Waals surface area contributed by atoms with Crippen molar-refractivity contribution in [2.75, 3.05) is 31.1 Å². The fourth-order valence-electron chi connectivity index (χ4n) is 2.92. The zero-order chi connectivity index (χ0) is 17.4. The van der Waals surface area contributed by atoms with Crippen molar-refractivity contribution in [1.29, 1.82) is 0 Å². The molecule has 0 spiro atoms. The number of hydrogen-bond donors (Lipinski definition) is 0. The van der Waals surface area contributed by atoms with Gasteiger partial charge in [0, 0.05) is 48.7 Å². The topological polar surface area (TPSA) is 49.3 Å². The molecule has 1 aromatic carbocycles. The van der Waals surface area contributed by atoms with Gasteiger partial charge in [-0.15, -0.1) is 11.3 Å². The van der Waals surface area contributed by atoms with Crippen molar-refractivity contribution >= 4 is 56.5 Å². The smallest absolute Gasteiger partial charge is 0.265 e. The number of nitrogens with zero attached hydrogens (tertiary/aromatic N) is 4. The van der Waals surface area contributed by atoms with Crippen LogP contribution in [0, 0.1) is 0 Å². The van der Waals surface area contributed by atoms with Crippen LogP contribution in [-0.2, 0) is 0 Å². The summed E-state index contributed by atoms with van der Waals surface area (Å²) in [6.45, 7) is 2.60. The molecule has 25 heavy (non-hydrogen) atoms. The number of fused-ring (bicyclic) bond motifs is 1. The maximum atomic E-state index is 12.9. The number of hydrogen-bond acceptors (Lipinski definition) is 5. The highest BCUT2D eigenvalue weighted by Gasteiger charge is 2.27. The molecule has 0 atom stereocenters. The number of benzene rings is 1. The van der Waals surface area contributed by atoms with Gasteiger partial charge in [0.1, 0.15) is 4.88 Å². The fourth-order valence-corrected chi connectivity index (χ4v) is 4.83. The lowest BCUT2D eigenvalue weighted by molar-refractivity contribution is 0.0751. The van der Waals surface area contributed by atoms with Gasteiger partial charge in [-0.05, 0) is 18.2 Å². The molecule has 1 fully saturated rings. The first-order valence-corrected chi connectivity index (χ1v) is 9.40. The highest BCUT2D eigenvalue weighted by Crippen LogP contribution is 2.40. The summed E-state index contributed by atoms with van der Waals surface area (Å²) in [5.74, 6) is 0.650. The Kier molecular flexibility index (Phi) is 4.50. The van der Waals surface area contributed by atoms with E-state index in [2.05, 4.69) is 14.9 Å². The lowest BCUT2D eigenvalue weighted by Crippen LogP contribution is -2.49. The number of anilines is 1. The average molecular weight is 393 g/mol. The normalized spacial score (nSPS) is 15.0. The zero-order valence-corrected chi connectivity index (χ0v) is 15.5. The molecule has 1 aliphatic rings. The van der Waals surface area contributed by atoms with Crippen LogP contribution in [0.2, 0.25) is 10.0 Å². The van der Waals surface area contributed by atoms with Crippen molar-refractivity contribution in [3.05, 3.63) is 51.6 Å². The number of thiophene rings is 1. The van der Waals surface area contributed by atoms with Gasteiger partial charge in [0.05, 0.1) is 10.0 Å². The number of amides is 1. The molecule has 0 aliphatic carbocycles. The molecule has 2 aromatic heterocycles. The number of carbonyl (C=O) groups is 1. The molecule has 1 aliphatic heterocycles. The number of piperazine rings is 1. The van der Waals surface area contributed by atoms with Crippen LogP contribution in [0.5, 0.6) is 0 Å². The molecule has 1 saturated heterocycles. The third-order valence-electron chi connectivity index (χ3n) is 4.20. The Labute approximate surface area is 158 Å². The van der Waals surface area contributed by atoms with Crippen LogP contribution in [0.15, 0.2) is 36.7 Å². The van der Waals surface area contributed by atoms with Gasteiger partial charge < -0.3 is 9.80 Å². The summed E-state index contributed by atoms with van der Waals surface area (Å²) in [5, 5.41) is 1.78. The molecule has 5 nitrogen and oxygen atoms in total. The molecule has 8 heteroatoms. The molecule has 3 aromatic rings. The number of carbonyl (C=O) groups excluding carboxylic acids is 1. The molecule has 0 unspecified atom stereocenters. The van der Waals surface area contributed by atoms with Gasteiger partial charge in [0.2, 0.25) is 5.95 Å². The standard InChI is InChI=1S/C17H14Cl2N4OS/c18-11-3-1-4-12-13(11)14(19)15(25-12)16(24)22-7-9-23(10-8-22)17-20-5-2-6-21-17/h1-6H,7-10H2. The Bertz CT molecular complexity index is 923. The second kappa shape index (κ2) is 6.78. The highest BCUT2D eigenvalue weighted by molar-refractivity contribution is 7.21. The summed E-state index contributed by atoms with van der Waals surface area (Å²) in [6.07, 6.45) is 3.45. The summed E-state index contributed by atoms with van der Waals surface area (Å²) in [6, 6.07) is 7.37. The molecule has 128 valence electrons. The Morgan fingerprint density at radius 2 is 1.76 bits per heavy atom. The van der Waals surface area contributed by atoms with Gasteiger partial charge in [0.25, 0.3) is 5.91 Å². The third kappa shape index (κ3) is 3.05. The Hall–Kier alpha value is -1.89. The lowest BCUT2D eigenvalue weighted by Gasteiger charge is -2.34. The van der Waals surface area contributed by atoms with Gasteiger partial charge in [-0.1, -0.05) is 29.3 Å². The first kappa shape index (κ1) is 16.6. The van der Waals surface area contributed by atoms with Gasteiger partial charge in [0.15, 0.2) is 0 Å². The molecule has 1 amide bonds. The van der Waals surface area contributed by atoms with E-state index in [4.69, 9.17) is 23.2 Å². The zero-order valence-electron chi connectivity index (χ0n) is 13.2. The molecular formula is C17H14Cl2N4OS. The van der Waals surface area contributed by atoms with Crippen LogP contribution in [0.25, 0.3) is 10.1 Å². The van der Waals surface area contributed by atoms with Crippen molar-refractivity contribution in [2.45, 2.75) is 0 Å². The van der Waals surface area contributed by atoms with E-state index in [0.717, 1.165) is 10.1 Å². The minimum absolute atomic E-state index is 0.0455. The van der Waals surface area contributed by atoms with E-state index in [9.17, 15) is 4.79 Å². The van der Waals surface area contributed by atoms with Crippen LogP contribution in [0.3, 0.4) is 0 Å². The molecule has 0 saturated carbocycles. The first-order valence-electron chi connectivity index (χ1n) is 7.83. The predicted molar refractivity (Wildman–Crippen MR) is 102 cm³/mol. The Morgan fingerprint density at radius 1 is 1.04 bits per heavy atom. The predicted octanol–water partition coefficient (Wildman–Crippen LogP) is 3.96. The van der Waals surface area contributed by atoms with Gasteiger partial charge in [-0.3, -0.25) is 4.79 Å². The van der Waals surface area contributed by atoms with E-state index < -0.39 is 0 Å². The van der Waals surface area contributed by atoms with Crippen LogP contribution in [-0.4, -0.2) is 47.0 Å². The quantitative estimate of drug-likeness (QED) is 0.661. The second-order valence-electron chi connectivity index (χ2n) is 5.69. The minimum Gasteiger partial charge on any atom is -0.337 e. The third-order valence-corrected chi connectivity index (χ3v) is 6.15. The van der Waals surface area contributed by atoms with Crippen LogP contribution in [0.1, 0.15) is 9.67 Å². The van der Waals surface area contributed by atoms with Crippen molar-refractivity contribution in [2.24, 2.45) is 0 Å². The molecule has 0 radical (unpaired) electrons. The van der Waals surface area contributed by atoms with Gasteiger partial charge >= 0.3 is 0 Å². The van der Waals surface area contributed by atoms with Crippen molar-refractivity contribution in [1.82, 2.24) is 14.9 Å². The van der Waals surface area contributed by atoms with Gasteiger partial charge in [-0.25, -0.2) is 9.97 Å². The summed E-state index contributed by atoms with van der Waals surface area (Å²) in [5.41, 5.74) is 0. The van der Waals surface area contributed by atoms with Crippen LogP contribution < -0.4 is 4.90 Å². The van der Waals surface area contributed by atoms with E-state index in [-0.39, 0.29) is 5.91 Å². The van der Waals surface area contributed by atoms with E-state index in [1.807, 2.05) is 17.0 Å². The number of halogens is 2. The van der Waals surface area contributed by atoms with E-state index >= 15 is 0 Å². The summed E-state index contributed by atoms with van der Waals surface area (Å²) in [4.78, 5) is 25.9. The number of rotatable bonds is 2. The molecule has 0 N–H and O–H groups in total. The van der Waals surface area contributed by atoms with Crippen molar-refractivity contribution in [3.8, 4) is 0 Å². The molecule has 3 heterocycles. The highest BCUT2D eigenvalue weighted by atomic mass is 35.5. The van der Waals surface area contributed by atoms with Crippen molar-refractivity contribution in [3.63, 3.8) is 0 Å². The Morgan fingerprint density at radius 3 is 2.44 bits per heavy atom. The molecule has 0 bridgehead atoms. The summed E-state index contributed by atoms with van der Waals surface area (Å²) in [7, 11) is 0. The van der Waals surface area contributed by atoms with Crippen molar-refractivity contribution < 1.29 is 4.79 Å². The summed E-state index contributed by atoms with van der Waals surface area (Å²) >= 11 is 14.1. The van der Waals surface area contributed by atoms with Crippen LogP contribution in [0.4, 0.5) is 5.95 Å². The lowest BCUT2D eigenvalue weighted by atomic mass is 10.2. The van der Waals surface area contributed by atoms with E-state index in [0.29, 0.717) is 47.0 Å². The number of aromatic nitrogens is 2. The second-order valence-corrected chi connectivity index (χ2v) is 7.52. The van der Waals surface area contributed by atoms with Gasteiger partial charge in [-0.2, -0.15) is 0 Å². The van der Waals surface area contributed by atoms with E-state index in [1.54, 1.807) is 24.5 Å². The van der Waals surface area contributed by atoms with Crippen LogP contribution >= 0.6 is 34.5 Å². The molecular weight excluding hydrogens is 379 g/mol. The maximum absolute atomic E-state index is 12.9. The monoisotopic (exact) mass is 392 g/mol. The first-order chi connectivity index (χ1) is 12.1. The average Bonchev–Trinajstić information content (AvgIpc) is 3.00. The largest absolute Gasteiger partial charge is 0.337 e. The molecule has 4 rings (SSSR count). The SMILES string of the molecule is O=C(c1sc2cccc(Cl)c2c1Cl)N1CCN(c2ncccn2)CC1. The van der Waals surface area contributed by atoms with E-state index in [1.165, 1.54) is 11.3 Å². The maximum Gasteiger partial charge on any atom is 0.265 e.